The minimum atomic E-state index is 0.865. The molecule has 3 atom stereocenters. The van der Waals surface area contributed by atoms with Crippen LogP contribution in [0.3, 0.4) is 0 Å². The minimum absolute atomic E-state index is 0.865. The first-order valence-electron chi connectivity index (χ1n) is 4.45. The first kappa shape index (κ1) is 8.06. The molecule has 2 N–H and O–H groups in total. The van der Waals surface area contributed by atoms with Crippen molar-refractivity contribution in [1.29, 1.82) is 0 Å². The average Bonchev–Trinajstić information content (AvgIpc) is 1.85. The van der Waals surface area contributed by atoms with E-state index in [-0.39, 0.29) is 0 Å². The molecule has 0 spiro atoms. The van der Waals surface area contributed by atoms with Crippen LogP contribution in [-0.4, -0.2) is 6.54 Å². The largest absolute Gasteiger partial charge is 0.330 e. The highest BCUT2D eigenvalue weighted by molar-refractivity contribution is 4.81. The van der Waals surface area contributed by atoms with Crippen molar-refractivity contribution in [1.82, 2.24) is 0 Å². The van der Waals surface area contributed by atoms with E-state index in [1.807, 2.05) is 0 Å². The van der Waals surface area contributed by atoms with E-state index in [0.29, 0.717) is 0 Å². The topological polar surface area (TPSA) is 26.0 Å². The molecule has 0 aliphatic heterocycles. The zero-order valence-corrected chi connectivity index (χ0v) is 7.14. The van der Waals surface area contributed by atoms with E-state index in [9.17, 15) is 0 Å². The molecule has 0 amide bonds. The fourth-order valence-corrected chi connectivity index (χ4v) is 2.01. The lowest BCUT2D eigenvalue weighted by Crippen LogP contribution is -2.30. The van der Waals surface area contributed by atoms with Crippen LogP contribution in [0.2, 0.25) is 0 Å². The number of hydrogen-bond acceptors (Lipinski definition) is 1. The second-order valence-corrected chi connectivity index (χ2v) is 3.77. The van der Waals surface area contributed by atoms with Gasteiger partial charge in [0.1, 0.15) is 0 Å². The molecule has 1 heteroatoms. The summed E-state index contributed by atoms with van der Waals surface area (Å²) in [5.74, 6) is 2.83. The molecule has 0 heterocycles. The third kappa shape index (κ3) is 1.51. The second-order valence-electron chi connectivity index (χ2n) is 3.77. The van der Waals surface area contributed by atoms with Crippen LogP contribution in [0.4, 0.5) is 0 Å². The van der Waals surface area contributed by atoms with Crippen molar-refractivity contribution in [2.75, 3.05) is 6.54 Å². The van der Waals surface area contributed by atoms with Gasteiger partial charge < -0.3 is 5.73 Å². The van der Waals surface area contributed by atoms with Gasteiger partial charge in [-0.2, -0.15) is 0 Å². The molecule has 1 fully saturated rings. The second kappa shape index (κ2) is 3.38. The van der Waals surface area contributed by atoms with Crippen molar-refractivity contribution >= 4 is 0 Å². The van der Waals surface area contributed by atoms with Gasteiger partial charge in [0.05, 0.1) is 0 Å². The molecule has 1 rings (SSSR count). The summed E-state index contributed by atoms with van der Waals surface area (Å²) in [7, 11) is 0. The molecule has 0 aromatic heterocycles. The Labute approximate surface area is 64.0 Å². The quantitative estimate of drug-likeness (QED) is 0.639. The van der Waals surface area contributed by atoms with Gasteiger partial charge in [0.25, 0.3) is 0 Å². The van der Waals surface area contributed by atoms with E-state index in [1.165, 1.54) is 19.3 Å². The fourth-order valence-electron chi connectivity index (χ4n) is 2.01. The van der Waals surface area contributed by atoms with Crippen LogP contribution in [0.25, 0.3) is 0 Å². The number of hydrogen-bond donors (Lipinski definition) is 1. The fraction of sp³-hybridized carbons (Fsp3) is 1.00. The summed E-state index contributed by atoms with van der Waals surface area (Å²) in [5.41, 5.74) is 5.49. The van der Waals surface area contributed by atoms with E-state index < -0.39 is 0 Å². The Morgan fingerprint density at radius 1 is 1.50 bits per heavy atom. The molecular formula is C9H19N. The van der Waals surface area contributed by atoms with Gasteiger partial charge in [-0.05, 0) is 37.1 Å². The van der Waals surface area contributed by atoms with Gasteiger partial charge in [-0.25, -0.2) is 0 Å². The van der Waals surface area contributed by atoms with Gasteiger partial charge in [0.15, 0.2) is 0 Å². The van der Waals surface area contributed by atoms with Crippen molar-refractivity contribution in [3.63, 3.8) is 0 Å². The van der Waals surface area contributed by atoms with E-state index >= 15 is 0 Å². The van der Waals surface area contributed by atoms with Gasteiger partial charge in [0, 0.05) is 0 Å². The molecule has 1 aliphatic rings. The minimum Gasteiger partial charge on any atom is -0.330 e. The number of nitrogens with two attached hydrogens (primary N) is 1. The van der Waals surface area contributed by atoms with Gasteiger partial charge in [0.2, 0.25) is 0 Å². The Balaban J connectivity index is 2.20. The molecule has 0 radical (unpaired) electrons. The maximum atomic E-state index is 5.49. The zero-order valence-electron chi connectivity index (χ0n) is 7.14. The van der Waals surface area contributed by atoms with Crippen LogP contribution in [0.5, 0.6) is 0 Å². The van der Waals surface area contributed by atoms with Crippen LogP contribution in [0, 0.1) is 17.8 Å². The predicted octanol–water partition coefficient (Wildman–Crippen LogP) is 2.02. The van der Waals surface area contributed by atoms with Gasteiger partial charge in [-0.15, -0.1) is 0 Å². The molecule has 1 saturated carbocycles. The Morgan fingerprint density at radius 2 is 2.20 bits per heavy atom. The molecule has 0 bridgehead atoms. The molecule has 3 unspecified atom stereocenters. The molecule has 10 heavy (non-hydrogen) atoms. The smallest absolute Gasteiger partial charge is 0.00746 e. The maximum absolute atomic E-state index is 5.49. The van der Waals surface area contributed by atoms with Crippen LogP contribution < -0.4 is 5.73 Å². The molecule has 0 aromatic rings. The first-order chi connectivity index (χ1) is 4.75. The maximum Gasteiger partial charge on any atom is -0.00746 e. The normalized spacial score (nSPS) is 35.1. The molecule has 0 aromatic carbocycles. The van der Waals surface area contributed by atoms with Crippen LogP contribution in [0.15, 0.2) is 0 Å². The Hall–Kier alpha value is -0.0400. The third-order valence-corrected chi connectivity index (χ3v) is 3.04. The summed E-state index contributed by atoms with van der Waals surface area (Å²) in [5, 5.41) is 0. The SMILES string of the molecule is CC(CCN)C1CCC1C. The van der Waals surface area contributed by atoms with Gasteiger partial charge in [-0.1, -0.05) is 20.3 Å². The van der Waals surface area contributed by atoms with Gasteiger partial charge >= 0.3 is 0 Å². The first-order valence-corrected chi connectivity index (χ1v) is 4.45. The zero-order chi connectivity index (χ0) is 7.56. The Morgan fingerprint density at radius 3 is 2.50 bits per heavy atom. The summed E-state index contributed by atoms with van der Waals surface area (Å²) in [4.78, 5) is 0. The van der Waals surface area contributed by atoms with Crippen molar-refractivity contribution in [2.45, 2.75) is 33.1 Å². The van der Waals surface area contributed by atoms with Crippen LogP contribution >= 0.6 is 0 Å². The summed E-state index contributed by atoms with van der Waals surface area (Å²) < 4.78 is 0. The van der Waals surface area contributed by atoms with Crippen LogP contribution in [0.1, 0.15) is 33.1 Å². The summed E-state index contributed by atoms with van der Waals surface area (Å²) >= 11 is 0. The molecule has 60 valence electrons. The van der Waals surface area contributed by atoms with Gasteiger partial charge in [-0.3, -0.25) is 0 Å². The lowest BCUT2D eigenvalue weighted by atomic mass is 9.68. The lowest BCUT2D eigenvalue weighted by molar-refractivity contribution is 0.124. The molecule has 1 aliphatic carbocycles. The standard InChI is InChI=1S/C9H19N/c1-7-3-4-9(7)8(2)5-6-10/h7-9H,3-6,10H2,1-2H3. The monoisotopic (exact) mass is 141 g/mol. The summed E-state index contributed by atoms with van der Waals surface area (Å²) in [6, 6.07) is 0. The van der Waals surface area contributed by atoms with Crippen molar-refractivity contribution in [3.05, 3.63) is 0 Å². The van der Waals surface area contributed by atoms with E-state index in [2.05, 4.69) is 13.8 Å². The highest BCUT2D eigenvalue weighted by Crippen LogP contribution is 2.40. The van der Waals surface area contributed by atoms with Crippen molar-refractivity contribution in [3.8, 4) is 0 Å². The average molecular weight is 141 g/mol. The molecular weight excluding hydrogens is 122 g/mol. The van der Waals surface area contributed by atoms with Crippen LogP contribution in [-0.2, 0) is 0 Å². The molecule has 0 saturated heterocycles. The highest BCUT2D eigenvalue weighted by Gasteiger charge is 2.30. The Kier molecular flexibility index (Phi) is 2.72. The Bertz CT molecular complexity index is 101. The summed E-state index contributed by atoms with van der Waals surface area (Å²) in [6.07, 6.45) is 4.11. The van der Waals surface area contributed by atoms with E-state index in [4.69, 9.17) is 5.73 Å². The van der Waals surface area contributed by atoms with Crippen molar-refractivity contribution in [2.24, 2.45) is 23.5 Å². The van der Waals surface area contributed by atoms with Crippen molar-refractivity contribution < 1.29 is 0 Å². The lowest BCUT2D eigenvalue weighted by Gasteiger charge is -2.38. The highest BCUT2D eigenvalue weighted by atomic mass is 14.5. The van der Waals surface area contributed by atoms with E-state index in [1.54, 1.807) is 0 Å². The third-order valence-electron chi connectivity index (χ3n) is 3.04. The molecule has 1 nitrogen and oxygen atoms in total. The summed E-state index contributed by atoms with van der Waals surface area (Å²) in [6.45, 7) is 5.57. The van der Waals surface area contributed by atoms with E-state index in [0.717, 1.165) is 24.3 Å². The number of rotatable bonds is 3. The predicted molar refractivity (Wildman–Crippen MR) is 44.7 cm³/mol.